The van der Waals surface area contributed by atoms with Gasteiger partial charge in [0.15, 0.2) is 5.78 Å². The normalized spacial score (nSPS) is 11.7. The first kappa shape index (κ1) is 12.2. The number of ether oxygens (including phenoxy) is 1. The molecule has 16 heavy (non-hydrogen) atoms. The highest BCUT2D eigenvalue weighted by Gasteiger charge is 2.19. The van der Waals surface area contributed by atoms with Crippen molar-refractivity contribution in [1.29, 1.82) is 0 Å². The van der Waals surface area contributed by atoms with Crippen LogP contribution in [0.5, 0.6) is 5.75 Å². The largest absolute Gasteiger partial charge is 0.496 e. The minimum Gasteiger partial charge on any atom is -0.496 e. The second-order valence-corrected chi connectivity index (χ2v) is 3.36. The summed E-state index contributed by atoms with van der Waals surface area (Å²) in [5.41, 5.74) is 0.367. The lowest BCUT2D eigenvalue weighted by molar-refractivity contribution is -0.119. The van der Waals surface area contributed by atoms with Crippen LogP contribution in [0.15, 0.2) is 18.5 Å². The lowest BCUT2D eigenvalue weighted by Crippen LogP contribution is -2.37. The van der Waals surface area contributed by atoms with Crippen LogP contribution in [0.2, 0.25) is 0 Å². The Hall–Kier alpha value is -1.91. The van der Waals surface area contributed by atoms with Gasteiger partial charge < -0.3 is 10.1 Å². The fourth-order valence-electron chi connectivity index (χ4n) is 1.35. The molecular formula is C11H14N2O3. The molecule has 0 aliphatic rings. The lowest BCUT2D eigenvalue weighted by atomic mass is 10.1. The van der Waals surface area contributed by atoms with Gasteiger partial charge >= 0.3 is 0 Å². The van der Waals surface area contributed by atoms with Gasteiger partial charge in [-0.3, -0.25) is 14.6 Å². The van der Waals surface area contributed by atoms with E-state index in [0.717, 1.165) is 0 Å². The van der Waals surface area contributed by atoms with Gasteiger partial charge in [-0.2, -0.15) is 0 Å². The molecule has 0 spiro atoms. The number of aromatic nitrogens is 1. The number of hydrogen-bond donors (Lipinski definition) is 1. The summed E-state index contributed by atoms with van der Waals surface area (Å²) < 4.78 is 5.05. The molecule has 1 rings (SSSR count). The van der Waals surface area contributed by atoms with Crippen LogP contribution in [0.1, 0.15) is 24.2 Å². The Bertz CT molecular complexity index is 404. The molecule has 0 aliphatic heterocycles. The van der Waals surface area contributed by atoms with Gasteiger partial charge in [0.2, 0.25) is 5.91 Å². The van der Waals surface area contributed by atoms with Gasteiger partial charge in [0, 0.05) is 19.3 Å². The molecule has 0 saturated carbocycles. The zero-order chi connectivity index (χ0) is 12.1. The summed E-state index contributed by atoms with van der Waals surface area (Å²) in [6.07, 6.45) is 2.97. The maximum absolute atomic E-state index is 11.9. The Labute approximate surface area is 93.8 Å². The molecule has 0 bridgehead atoms. The first-order chi connectivity index (χ1) is 7.56. The third-order valence-electron chi connectivity index (χ3n) is 2.08. The van der Waals surface area contributed by atoms with Crippen LogP contribution in [-0.2, 0) is 4.79 Å². The van der Waals surface area contributed by atoms with E-state index in [1.54, 1.807) is 19.2 Å². The molecule has 1 aromatic heterocycles. The number of carbonyl (C=O) groups excluding carboxylic acids is 2. The average molecular weight is 222 g/mol. The highest BCUT2D eigenvalue weighted by Crippen LogP contribution is 2.17. The number of hydrogen-bond acceptors (Lipinski definition) is 4. The minimum absolute atomic E-state index is 0.222. The molecule has 0 aromatic carbocycles. The molecule has 1 heterocycles. The van der Waals surface area contributed by atoms with Crippen molar-refractivity contribution < 1.29 is 14.3 Å². The Morgan fingerprint density at radius 1 is 1.50 bits per heavy atom. The van der Waals surface area contributed by atoms with Crippen molar-refractivity contribution in [2.75, 3.05) is 7.11 Å². The molecule has 1 aromatic rings. The SMILES string of the molecule is COc1ccncc1C(=O)C(C)NC(C)=O. The van der Waals surface area contributed by atoms with E-state index in [2.05, 4.69) is 10.3 Å². The molecule has 1 unspecified atom stereocenters. The smallest absolute Gasteiger partial charge is 0.217 e. The maximum Gasteiger partial charge on any atom is 0.217 e. The first-order valence-corrected chi connectivity index (χ1v) is 4.85. The van der Waals surface area contributed by atoms with Crippen molar-refractivity contribution in [2.24, 2.45) is 0 Å². The highest BCUT2D eigenvalue weighted by molar-refractivity contribution is 6.03. The van der Waals surface area contributed by atoms with E-state index < -0.39 is 6.04 Å². The molecular weight excluding hydrogens is 208 g/mol. The molecule has 1 amide bonds. The van der Waals surface area contributed by atoms with Gasteiger partial charge in [-0.15, -0.1) is 0 Å². The average Bonchev–Trinajstić information content (AvgIpc) is 2.27. The summed E-state index contributed by atoms with van der Waals surface area (Å²) in [4.78, 5) is 26.6. The summed E-state index contributed by atoms with van der Waals surface area (Å²) >= 11 is 0. The second-order valence-electron chi connectivity index (χ2n) is 3.36. The molecule has 0 saturated heterocycles. The number of rotatable bonds is 4. The van der Waals surface area contributed by atoms with Crippen LogP contribution in [0.3, 0.4) is 0 Å². The Morgan fingerprint density at radius 2 is 2.19 bits per heavy atom. The number of amides is 1. The fraction of sp³-hybridized carbons (Fsp3) is 0.364. The number of carbonyl (C=O) groups is 2. The molecule has 1 atom stereocenters. The van der Waals surface area contributed by atoms with Crippen LogP contribution >= 0.6 is 0 Å². The number of nitrogens with zero attached hydrogens (tertiary/aromatic N) is 1. The quantitative estimate of drug-likeness (QED) is 0.765. The fourth-order valence-corrected chi connectivity index (χ4v) is 1.35. The van der Waals surface area contributed by atoms with E-state index in [1.807, 2.05) is 0 Å². The predicted molar refractivity (Wildman–Crippen MR) is 58.4 cm³/mol. The van der Waals surface area contributed by atoms with Gasteiger partial charge in [0.05, 0.1) is 18.7 Å². The van der Waals surface area contributed by atoms with Crippen LogP contribution in [0.4, 0.5) is 0 Å². The summed E-state index contributed by atoms with van der Waals surface area (Å²) in [7, 11) is 1.48. The summed E-state index contributed by atoms with van der Waals surface area (Å²) in [6.45, 7) is 2.99. The molecule has 0 aliphatic carbocycles. The molecule has 5 nitrogen and oxygen atoms in total. The topological polar surface area (TPSA) is 68.3 Å². The second kappa shape index (κ2) is 5.25. The molecule has 86 valence electrons. The van der Waals surface area contributed by atoms with Crippen LogP contribution in [-0.4, -0.2) is 29.8 Å². The number of nitrogens with one attached hydrogen (secondary N) is 1. The van der Waals surface area contributed by atoms with Crippen molar-refractivity contribution in [2.45, 2.75) is 19.9 Å². The monoisotopic (exact) mass is 222 g/mol. The first-order valence-electron chi connectivity index (χ1n) is 4.85. The van der Waals surface area contributed by atoms with Crippen molar-refractivity contribution >= 4 is 11.7 Å². The zero-order valence-electron chi connectivity index (χ0n) is 9.48. The summed E-state index contributed by atoms with van der Waals surface area (Å²) in [6, 6.07) is 1.02. The van der Waals surface area contributed by atoms with Gasteiger partial charge in [0.1, 0.15) is 5.75 Å². The number of Topliss-reactive ketones (excluding diaryl/α,β-unsaturated/α-hetero) is 1. The van der Waals surface area contributed by atoms with Crippen molar-refractivity contribution in [3.63, 3.8) is 0 Å². The number of methoxy groups -OCH3 is 1. The minimum atomic E-state index is -0.587. The Kier molecular flexibility index (Phi) is 3.99. The maximum atomic E-state index is 11.9. The third-order valence-corrected chi connectivity index (χ3v) is 2.08. The van der Waals surface area contributed by atoms with E-state index in [1.165, 1.54) is 20.2 Å². The third kappa shape index (κ3) is 2.79. The van der Waals surface area contributed by atoms with E-state index in [4.69, 9.17) is 4.74 Å². The van der Waals surface area contributed by atoms with Gasteiger partial charge in [-0.25, -0.2) is 0 Å². The molecule has 0 fully saturated rings. The Morgan fingerprint density at radius 3 is 2.75 bits per heavy atom. The zero-order valence-corrected chi connectivity index (χ0v) is 9.48. The van der Waals surface area contributed by atoms with Gasteiger partial charge in [-0.1, -0.05) is 0 Å². The van der Waals surface area contributed by atoms with E-state index in [9.17, 15) is 9.59 Å². The summed E-state index contributed by atoms with van der Waals surface area (Å²) in [5.74, 6) is -0.0129. The van der Waals surface area contributed by atoms with Crippen LogP contribution < -0.4 is 10.1 Å². The van der Waals surface area contributed by atoms with E-state index >= 15 is 0 Å². The lowest BCUT2D eigenvalue weighted by Gasteiger charge is -2.13. The van der Waals surface area contributed by atoms with Crippen molar-refractivity contribution in [3.8, 4) is 5.75 Å². The van der Waals surface area contributed by atoms with E-state index in [-0.39, 0.29) is 11.7 Å². The van der Waals surface area contributed by atoms with Crippen molar-refractivity contribution in [3.05, 3.63) is 24.0 Å². The highest BCUT2D eigenvalue weighted by atomic mass is 16.5. The van der Waals surface area contributed by atoms with Gasteiger partial charge in [0.25, 0.3) is 0 Å². The van der Waals surface area contributed by atoms with Crippen molar-refractivity contribution in [1.82, 2.24) is 10.3 Å². The summed E-state index contributed by atoms with van der Waals surface area (Å²) in [5, 5.41) is 2.52. The Balaban J connectivity index is 2.91. The number of pyridine rings is 1. The van der Waals surface area contributed by atoms with E-state index in [0.29, 0.717) is 11.3 Å². The predicted octanol–water partition coefficient (Wildman–Crippen LogP) is 0.797. The van der Waals surface area contributed by atoms with Crippen LogP contribution in [0, 0.1) is 0 Å². The standard InChI is InChI=1S/C11H14N2O3/c1-7(13-8(2)14)11(15)9-6-12-5-4-10(9)16-3/h4-7H,1-3H3,(H,13,14). The molecule has 1 N–H and O–H groups in total. The number of ketones is 1. The molecule has 5 heteroatoms. The van der Waals surface area contributed by atoms with Crippen LogP contribution in [0.25, 0.3) is 0 Å². The van der Waals surface area contributed by atoms with Gasteiger partial charge in [-0.05, 0) is 13.0 Å². The molecule has 0 radical (unpaired) electrons.